The molecule has 39 heavy (non-hydrogen) atoms. The Labute approximate surface area is 228 Å². The molecule has 2 aromatic heterocycles. The molecule has 1 fully saturated rings. The number of rotatable bonds is 9. The molecule has 0 unspecified atom stereocenters. The first-order valence-electron chi connectivity index (χ1n) is 13.1. The number of hydrogen-bond donors (Lipinski definition) is 2. The summed E-state index contributed by atoms with van der Waals surface area (Å²) < 4.78 is 16.2. The number of nitrogens with zero attached hydrogens (tertiary/aromatic N) is 2. The van der Waals surface area contributed by atoms with Crippen LogP contribution in [0, 0.1) is 0 Å². The molecule has 0 saturated carbocycles. The van der Waals surface area contributed by atoms with Crippen LogP contribution in [0.2, 0.25) is 0 Å². The van der Waals surface area contributed by atoms with E-state index in [2.05, 4.69) is 44.5 Å². The third-order valence-corrected chi connectivity index (χ3v) is 7.06. The molecule has 3 heterocycles. The number of fused-ring (bicyclic) bond motifs is 1. The molecule has 1 saturated heterocycles. The summed E-state index contributed by atoms with van der Waals surface area (Å²) in [5.41, 5.74) is 6.06. The standard InChI is InChI=1S/C31H34N4O4/c1-21(24-8-10-27(37-2)28(18-24)38-3)34-29(36)11-9-25-19-33-31-30(25)26(12-13-32-31)23-6-4-22(5-7-23)20-35-14-16-39-17-15-35/h4-13,18-19,21H,14-17,20H2,1-3H3,(H,32,33)(H,34,36)/b11-9+/t21-/m1/s1. The number of ether oxygens (including phenoxy) is 3. The third-order valence-electron chi connectivity index (χ3n) is 7.06. The van der Waals surface area contributed by atoms with Crippen molar-refractivity contribution >= 4 is 23.0 Å². The highest BCUT2D eigenvalue weighted by Gasteiger charge is 2.14. The maximum Gasteiger partial charge on any atom is 0.244 e. The molecule has 1 atom stereocenters. The summed E-state index contributed by atoms with van der Waals surface area (Å²) in [4.78, 5) is 22.9. The lowest BCUT2D eigenvalue weighted by Crippen LogP contribution is -2.35. The Morgan fingerprint density at radius 1 is 1.10 bits per heavy atom. The highest BCUT2D eigenvalue weighted by Crippen LogP contribution is 2.32. The zero-order chi connectivity index (χ0) is 27.2. The van der Waals surface area contributed by atoms with Gasteiger partial charge < -0.3 is 24.5 Å². The van der Waals surface area contributed by atoms with Gasteiger partial charge in [0.05, 0.1) is 33.5 Å². The number of carbonyl (C=O) groups is 1. The van der Waals surface area contributed by atoms with Gasteiger partial charge in [0, 0.05) is 49.1 Å². The summed E-state index contributed by atoms with van der Waals surface area (Å²) in [5, 5.41) is 4.00. The molecule has 0 aliphatic carbocycles. The Hall–Kier alpha value is -4.14. The molecule has 1 aliphatic rings. The second kappa shape index (κ2) is 12.1. The monoisotopic (exact) mass is 526 g/mol. The van der Waals surface area contributed by atoms with Crippen molar-refractivity contribution in [2.24, 2.45) is 0 Å². The maximum absolute atomic E-state index is 12.8. The van der Waals surface area contributed by atoms with Gasteiger partial charge in [-0.3, -0.25) is 9.69 Å². The van der Waals surface area contributed by atoms with Gasteiger partial charge in [-0.25, -0.2) is 4.98 Å². The minimum Gasteiger partial charge on any atom is -0.493 e. The number of nitrogens with one attached hydrogen (secondary N) is 2. The molecule has 4 aromatic rings. The molecule has 2 N–H and O–H groups in total. The average Bonchev–Trinajstić information content (AvgIpc) is 3.40. The largest absolute Gasteiger partial charge is 0.493 e. The summed E-state index contributed by atoms with van der Waals surface area (Å²) in [6.07, 6.45) is 7.08. The molecular weight excluding hydrogens is 492 g/mol. The Morgan fingerprint density at radius 2 is 1.87 bits per heavy atom. The van der Waals surface area contributed by atoms with Gasteiger partial charge in [-0.2, -0.15) is 0 Å². The van der Waals surface area contributed by atoms with E-state index in [1.54, 1.807) is 26.5 Å². The zero-order valence-electron chi connectivity index (χ0n) is 22.6. The van der Waals surface area contributed by atoms with E-state index in [0.717, 1.165) is 66.1 Å². The number of amides is 1. The minimum atomic E-state index is -0.210. The van der Waals surface area contributed by atoms with E-state index in [-0.39, 0.29) is 11.9 Å². The number of carbonyl (C=O) groups excluding carboxylic acids is 1. The molecule has 8 heteroatoms. The first-order chi connectivity index (χ1) is 19.1. The van der Waals surface area contributed by atoms with Crippen molar-refractivity contribution in [1.82, 2.24) is 20.2 Å². The lowest BCUT2D eigenvalue weighted by Gasteiger charge is -2.26. The maximum atomic E-state index is 12.8. The second-order valence-electron chi connectivity index (χ2n) is 9.59. The Morgan fingerprint density at radius 3 is 2.62 bits per heavy atom. The molecule has 2 aromatic carbocycles. The average molecular weight is 527 g/mol. The van der Waals surface area contributed by atoms with Crippen LogP contribution in [-0.4, -0.2) is 61.3 Å². The van der Waals surface area contributed by atoms with Gasteiger partial charge in [0.1, 0.15) is 5.65 Å². The fraction of sp³-hybridized carbons (Fsp3) is 0.290. The fourth-order valence-corrected chi connectivity index (χ4v) is 4.89. The second-order valence-corrected chi connectivity index (χ2v) is 9.59. The molecule has 0 spiro atoms. The summed E-state index contributed by atoms with van der Waals surface area (Å²) in [7, 11) is 3.19. The van der Waals surface area contributed by atoms with Crippen molar-refractivity contribution in [2.45, 2.75) is 19.5 Å². The van der Waals surface area contributed by atoms with Crippen LogP contribution in [0.25, 0.3) is 28.2 Å². The zero-order valence-corrected chi connectivity index (χ0v) is 22.6. The quantitative estimate of drug-likeness (QED) is 0.300. The van der Waals surface area contributed by atoms with Gasteiger partial charge in [0.25, 0.3) is 0 Å². The SMILES string of the molecule is COc1ccc([C@@H](C)NC(=O)/C=C/c2c[nH]c3nccc(-c4ccc(CN5CCOCC5)cc4)c23)cc1OC. The smallest absolute Gasteiger partial charge is 0.244 e. The number of aromatic nitrogens is 2. The van der Waals surface area contributed by atoms with Crippen molar-refractivity contribution in [2.75, 3.05) is 40.5 Å². The van der Waals surface area contributed by atoms with Crippen LogP contribution >= 0.6 is 0 Å². The van der Waals surface area contributed by atoms with Crippen LogP contribution in [0.5, 0.6) is 11.5 Å². The van der Waals surface area contributed by atoms with Crippen molar-refractivity contribution in [3.63, 3.8) is 0 Å². The first-order valence-corrected chi connectivity index (χ1v) is 13.1. The Kier molecular flexibility index (Phi) is 8.24. The van der Waals surface area contributed by atoms with Gasteiger partial charge in [-0.1, -0.05) is 30.3 Å². The molecule has 202 valence electrons. The van der Waals surface area contributed by atoms with E-state index in [1.165, 1.54) is 5.56 Å². The van der Waals surface area contributed by atoms with E-state index in [1.807, 2.05) is 43.5 Å². The topological polar surface area (TPSA) is 88.7 Å². The van der Waals surface area contributed by atoms with E-state index >= 15 is 0 Å². The third kappa shape index (κ3) is 6.13. The highest BCUT2D eigenvalue weighted by atomic mass is 16.5. The summed E-state index contributed by atoms with van der Waals surface area (Å²) in [6.45, 7) is 6.38. The number of H-pyrrole nitrogens is 1. The van der Waals surface area contributed by atoms with Gasteiger partial charge in [-0.15, -0.1) is 0 Å². The number of morpholine rings is 1. The van der Waals surface area contributed by atoms with E-state index in [4.69, 9.17) is 14.2 Å². The van der Waals surface area contributed by atoms with E-state index in [0.29, 0.717) is 11.5 Å². The van der Waals surface area contributed by atoms with Crippen LogP contribution in [0.3, 0.4) is 0 Å². The van der Waals surface area contributed by atoms with Gasteiger partial charge in [-0.05, 0) is 53.5 Å². The van der Waals surface area contributed by atoms with Crippen LogP contribution in [0.15, 0.2) is 67.0 Å². The molecule has 0 bridgehead atoms. The summed E-state index contributed by atoms with van der Waals surface area (Å²) in [6, 6.07) is 16.1. The van der Waals surface area contributed by atoms with Gasteiger partial charge in [0.15, 0.2) is 11.5 Å². The summed E-state index contributed by atoms with van der Waals surface area (Å²) >= 11 is 0. The number of aromatic amines is 1. The Balaban J connectivity index is 1.31. The van der Waals surface area contributed by atoms with E-state index < -0.39 is 0 Å². The van der Waals surface area contributed by atoms with Gasteiger partial charge in [0.2, 0.25) is 5.91 Å². The molecule has 1 aliphatic heterocycles. The van der Waals surface area contributed by atoms with Crippen molar-refractivity contribution in [1.29, 1.82) is 0 Å². The molecule has 1 amide bonds. The van der Waals surface area contributed by atoms with Crippen LogP contribution in [0.1, 0.15) is 29.7 Å². The number of benzene rings is 2. The predicted octanol–water partition coefficient (Wildman–Crippen LogP) is 4.97. The van der Waals surface area contributed by atoms with Crippen molar-refractivity contribution in [3.05, 3.63) is 83.7 Å². The lowest BCUT2D eigenvalue weighted by atomic mass is 9.99. The first kappa shape index (κ1) is 26.5. The Bertz CT molecular complexity index is 1460. The van der Waals surface area contributed by atoms with Crippen LogP contribution in [0.4, 0.5) is 0 Å². The van der Waals surface area contributed by atoms with Crippen LogP contribution < -0.4 is 14.8 Å². The predicted molar refractivity (Wildman–Crippen MR) is 153 cm³/mol. The molecule has 5 rings (SSSR count). The molecular formula is C31H34N4O4. The molecule has 0 radical (unpaired) electrons. The highest BCUT2D eigenvalue weighted by molar-refractivity contribution is 6.01. The molecule has 8 nitrogen and oxygen atoms in total. The fourth-order valence-electron chi connectivity index (χ4n) is 4.89. The minimum absolute atomic E-state index is 0.190. The van der Waals surface area contributed by atoms with Crippen LogP contribution in [-0.2, 0) is 16.1 Å². The number of pyridine rings is 1. The van der Waals surface area contributed by atoms with Gasteiger partial charge >= 0.3 is 0 Å². The normalized spacial score (nSPS) is 14.9. The lowest BCUT2D eigenvalue weighted by molar-refractivity contribution is -0.117. The van der Waals surface area contributed by atoms with E-state index in [9.17, 15) is 4.79 Å². The van der Waals surface area contributed by atoms with Crippen molar-refractivity contribution < 1.29 is 19.0 Å². The number of methoxy groups -OCH3 is 2. The summed E-state index contributed by atoms with van der Waals surface area (Å²) in [5.74, 6) is 1.08. The van der Waals surface area contributed by atoms with Crippen molar-refractivity contribution in [3.8, 4) is 22.6 Å². The number of hydrogen-bond acceptors (Lipinski definition) is 6.